The average Bonchev–Trinajstić information content (AvgIpc) is 2.79. The fraction of sp³-hybridized carbons (Fsp3) is 0.125. The van der Waals surface area contributed by atoms with Gasteiger partial charge in [-0.15, -0.1) is 0 Å². The lowest BCUT2D eigenvalue weighted by Crippen LogP contribution is -2.10. The molecule has 132 valence electrons. The molecule has 3 rings (SSSR count). The van der Waals surface area contributed by atoms with Crippen molar-refractivity contribution in [3.05, 3.63) is 65.1 Å². The number of nitrogens with zero attached hydrogens (tertiary/aromatic N) is 3. The summed E-state index contributed by atoms with van der Waals surface area (Å²) in [6.07, 6.45) is 10.2. The zero-order valence-corrected chi connectivity index (χ0v) is 16.0. The van der Waals surface area contributed by atoms with Crippen LogP contribution < -0.4 is 11.2 Å². The summed E-state index contributed by atoms with van der Waals surface area (Å²) in [5.41, 5.74) is 11.7. The molecular weight excluding hydrogens is 378 g/mol. The molecule has 1 aromatic carbocycles. The predicted octanol–water partition coefficient (Wildman–Crippen LogP) is 3.92. The van der Waals surface area contributed by atoms with E-state index in [-0.39, 0.29) is 13.5 Å². The normalized spacial score (nSPS) is 13.5. The van der Waals surface area contributed by atoms with Gasteiger partial charge < -0.3 is 5.73 Å². The second kappa shape index (κ2) is 9.00. The molecule has 1 aliphatic rings. The van der Waals surface area contributed by atoms with E-state index in [0.717, 1.165) is 30.0 Å². The van der Waals surface area contributed by atoms with Crippen LogP contribution in [-0.2, 0) is 4.28 Å². The minimum Gasteiger partial charge on any atom is -0.399 e. The first kappa shape index (κ1) is 19.5. The molecule has 6 nitrogen and oxygen atoms in total. The largest absolute Gasteiger partial charge is 0.399 e. The third kappa shape index (κ3) is 5.05. The maximum Gasteiger partial charge on any atom is 0.170 e. The van der Waals surface area contributed by atoms with Gasteiger partial charge in [0, 0.05) is 18.4 Å². The van der Waals surface area contributed by atoms with E-state index in [0.29, 0.717) is 21.9 Å². The summed E-state index contributed by atoms with van der Waals surface area (Å²) in [5.74, 6) is 0.502. The third-order valence-electron chi connectivity index (χ3n) is 3.31. The number of halogens is 1. The molecule has 2 aromatic rings. The maximum absolute atomic E-state index is 6.07. The number of aromatic nitrogens is 2. The Balaban J connectivity index is 0.00000225. The van der Waals surface area contributed by atoms with Gasteiger partial charge in [0.05, 0.1) is 16.7 Å². The van der Waals surface area contributed by atoms with Crippen molar-refractivity contribution in [3.63, 3.8) is 0 Å². The number of rotatable bonds is 5. The second-order valence-corrected chi connectivity index (χ2v) is 6.29. The van der Waals surface area contributed by atoms with E-state index in [2.05, 4.69) is 21.5 Å². The Morgan fingerprint density at radius 2 is 2.16 bits per heavy atom. The summed E-state index contributed by atoms with van der Waals surface area (Å²) in [7, 11) is 1.90. The van der Waals surface area contributed by atoms with Crippen molar-refractivity contribution < 1.29 is 4.28 Å². The van der Waals surface area contributed by atoms with Crippen molar-refractivity contribution in [1.29, 1.82) is 0 Å². The summed E-state index contributed by atoms with van der Waals surface area (Å²) in [4.78, 5) is 8.69. The Morgan fingerprint density at radius 3 is 3.00 bits per heavy atom. The predicted molar refractivity (Wildman–Crippen MR) is 109 cm³/mol. The fourth-order valence-corrected chi connectivity index (χ4v) is 2.76. The lowest BCUT2D eigenvalue weighted by atomic mass is 10.3. The van der Waals surface area contributed by atoms with Crippen molar-refractivity contribution in [2.75, 3.05) is 12.5 Å². The van der Waals surface area contributed by atoms with Crippen LogP contribution in [0.25, 0.3) is 11.0 Å². The zero-order valence-electron chi connectivity index (χ0n) is 13.4. The van der Waals surface area contributed by atoms with Gasteiger partial charge in [-0.25, -0.2) is 15.4 Å². The third-order valence-corrected chi connectivity index (χ3v) is 4.21. The van der Waals surface area contributed by atoms with Gasteiger partial charge in [0.25, 0.3) is 0 Å². The molecule has 0 amide bonds. The molecule has 0 radical (unpaired) electrons. The summed E-state index contributed by atoms with van der Waals surface area (Å²) in [6, 6.07) is 5.46. The number of allylic oxidation sites excluding steroid dienone is 4. The van der Waals surface area contributed by atoms with Gasteiger partial charge in [-0.05, 0) is 30.7 Å². The average molecular weight is 396 g/mol. The molecule has 1 aliphatic carbocycles. The van der Waals surface area contributed by atoms with Crippen LogP contribution in [0.5, 0.6) is 0 Å². The monoisotopic (exact) mass is 395 g/mol. The molecule has 0 bridgehead atoms. The number of anilines is 1. The highest BCUT2D eigenvalue weighted by molar-refractivity contribution is 7.92. The van der Waals surface area contributed by atoms with Gasteiger partial charge in [-0.1, -0.05) is 29.8 Å². The van der Waals surface area contributed by atoms with Crippen LogP contribution in [0.2, 0.25) is 5.02 Å². The highest BCUT2D eigenvalue weighted by Crippen LogP contribution is 2.22. The van der Waals surface area contributed by atoms with E-state index in [4.69, 9.17) is 21.6 Å². The highest BCUT2D eigenvalue weighted by atomic mass is 35.5. The van der Waals surface area contributed by atoms with E-state index < -0.39 is 0 Å². The Kier molecular flexibility index (Phi) is 7.01. The summed E-state index contributed by atoms with van der Waals surface area (Å²) in [6.45, 7) is 0. The molecule has 0 saturated carbocycles. The lowest BCUT2D eigenvalue weighted by Gasteiger charge is -2.17. The van der Waals surface area contributed by atoms with Crippen LogP contribution in [0.15, 0.2) is 60.1 Å². The SMILES string of the molecule is CN(SONc1cnc2c(Cl)cccc2n1)C1=CCC=C(N)C=C1.S. The Morgan fingerprint density at radius 1 is 1.32 bits per heavy atom. The van der Waals surface area contributed by atoms with Crippen LogP contribution in [0, 0.1) is 0 Å². The summed E-state index contributed by atoms with van der Waals surface area (Å²) in [5, 5.41) is 0.571. The topological polar surface area (TPSA) is 76.3 Å². The Labute approximate surface area is 162 Å². The van der Waals surface area contributed by atoms with Crippen molar-refractivity contribution in [1.82, 2.24) is 14.3 Å². The van der Waals surface area contributed by atoms with E-state index >= 15 is 0 Å². The molecular formula is C16H18ClN5OS2. The summed E-state index contributed by atoms with van der Waals surface area (Å²) >= 11 is 7.22. The van der Waals surface area contributed by atoms with Crippen molar-refractivity contribution in [2.24, 2.45) is 5.73 Å². The number of fused-ring (bicyclic) bond motifs is 1. The standard InChI is InChI=1S/C16H16ClN5OS.H2S/c1-22(12-5-2-4-11(18)8-9-12)24-23-21-15-10-19-16-13(17)6-3-7-14(16)20-15;/h3-10H,2,18H2,1H3,(H,20,21);1H2. The molecule has 0 unspecified atom stereocenters. The Hall–Kier alpha value is -1.87. The van der Waals surface area contributed by atoms with Crippen LogP contribution in [0.1, 0.15) is 6.42 Å². The van der Waals surface area contributed by atoms with Gasteiger partial charge in [-0.3, -0.25) is 4.31 Å². The molecule has 9 heteroatoms. The van der Waals surface area contributed by atoms with E-state index in [1.165, 1.54) is 0 Å². The van der Waals surface area contributed by atoms with Crippen LogP contribution >= 0.6 is 37.3 Å². The van der Waals surface area contributed by atoms with E-state index in [1.807, 2.05) is 41.7 Å². The minimum atomic E-state index is 0. The molecule has 0 saturated heterocycles. The van der Waals surface area contributed by atoms with Crippen LogP contribution in [0.3, 0.4) is 0 Å². The van der Waals surface area contributed by atoms with Gasteiger partial charge >= 0.3 is 0 Å². The molecule has 1 heterocycles. The van der Waals surface area contributed by atoms with E-state index in [9.17, 15) is 0 Å². The van der Waals surface area contributed by atoms with Gasteiger partial charge in [0.15, 0.2) is 5.82 Å². The molecule has 0 spiro atoms. The molecule has 0 atom stereocenters. The smallest absolute Gasteiger partial charge is 0.170 e. The first-order valence-electron chi connectivity index (χ1n) is 7.22. The minimum absolute atomic E-state index is 0. The van der Waals surface area contributed by atoms with Gasteiger partial charge in [-0.2, -0.15) is 17.8 Å². The van der Waals surface area contributed by atoms with E-state index in [1.54, 1.807) is 12.3 Å². The van der Waals surface area contributed by atoms with Crippen LogP contribution in [-0.4, -0.2) is 21.3 Å². The van der Waals surface area contributed by atoms with Crippen molar-refractivity contribution in [2.45, 2.75) is 6.42 Å². The number of hydrogen-bond donors (Lipinski definition) is 2. The first-order chi connectivity index (χ1) is 11.6. The fourth-order valence-electron chi connectivity index (χ4n) is 2.08. The highest BCUT2D eigenvalue weighted by Gasteiger charge is 2.07. The van der Waals surface area contributed by atoms with Crippen molar-refractivity contribution >= 4 is 54.2 Å². The first-order valence-corrected chi connectivity index (χ1v) is 8.29. The van der Waals surface area contributed by atoms with Crippen LogP contribution in [0.4, 0.5) is 5.82 Å². The molecule has 1 aromatic heterocycles. The lowest BCUT2D eigenvalue weighted by molar-refractivity contribution is 0.447. The molecule has 3 N–H and O–H groups in total. The van der Waals surface area contributed by atoms with Gasteiger partial charge in [0.2, 0.25) is 0 Å². The number of benzene rings is 1. The van der Waals surface area contributed by atoms with Crippen molar-refractivity contribution in [3.8, 4) is 0 Å². The van der Waals surface area contributed by atoms with Gasteiger partial charge in [0.1, 0.15) is 17.7 Å². The number of nitrogens with two attached hydrogens (primary N) is 1. The second-order valence-electron chi connectivity index (χ2n) is 5.02. The molecule has 0 aliphatic heterocycles. The maximum atomic E-state index is 6.07. The molecule has 25 heavy (non-hydrogen) atoms. The number of likely N-dealkylation sites (N-methyl/N-ethyl adjacent to an activating group) is 1. The Bertz CT molecular complexity index is 840. The zero-order chi connectivity index (χ0) is 16.9. The number of nitrogens with one attached hydrogen (secondary N) is 1. The number of hydrogen-bond acceptors (Lipinski definition) is 7. The quantitative estimate of drug-likeness (QED) is 0.451. The summed E-state index contributed by atoms with van der Waals surface area (Å²) < 4.78 is 7.29. The number of para-hydroxylation sites is 1. The molecule has 0 fully saturated rings.